The molecular formula is C32H34O4. The molecule has 36 heavy (non-hydrogen) atoms. The molecule has 4 aromatic carbocycles. The highest BCUT2D eigenvalue weighted by atomic mass is 16.5. The molecule has 0 aliphatic rings. The largest absolute Gasteiger partial charge is 0.508 e. The minimum atomic E-state index is 0.280. The molecule has 0 spiro atoms. The number of hydrogen-bond donors (Lipinski definition) is 2. The molecule has 0 heterocycles. The van der Waals surface area contributed by atoms with Crippen molar-refractivity contribution >= 4 is 0 Å². The van der Waals surface area contributed by atoms with Gasteiger partial charge in [0.05, 0.1) is 0 Å². The lowest BCUT2D eigenvalue weighted by Crippen LogP contribution is -1.96. The zero-order valence-corrected chi connectivity index (χ0v) is 20.8. The monoisotopic (exact) mass is 482 g/mol. The molecule has 4 nitrogen and oxygen atoms in total. The van der Waals surface area contributed by atoms with Gasteiger partial charge >= 0.3 is 0 Å². The molecule has 0 amide bonds. The van der Waals surface area contributed by atoms with Gasteiger partial charge in [-0.25, -0.2) is 0 Å². The summed E-state index contributed by atoms with van der Waals surface area (Å²) in [6, 6.07) is 30.7. The van der Waals surface area contributed by atoms with Crippen LogP contribution in [0.2, 0.25) is 0 Å². The van der Waals surface area contributed by atoms with E-state index in [2.05, 4.69) is 13.5 Å². The van der Waals surface area contributed by atoms with Gasteiger partial charge in [0, 0.05) is 5.56 Å². The van der Waals surface area contributed by atoms with E-state index in [-0.39, 0.29) is 5.75 Å². The lowest BCUT2D eigenvalue weighted by molar-refractivity contribution is 0.305. The number of phenolic OH excluding ortho intramolecular Hbond substituents is 2. The van der Waals surface area contributed by atoms with Crippen molar-refractivity contribution in [1.29, 1.82) is 0 Å². The third-order valence-electron chi connectivity index (χ3n) is 5.48. The summed E-state index contributed by atoms with van der Waals surface area (Å²) in [5.74, 6) is 2.19. The van der Waals surface area contributed by atoms with E-state index in [9.17, 15) is 10.2 Å². The molecular weight excluding hydrogens is 448 g/mol. The van der Waals surface area contributed by atoms with Gasteiger partial charge in [-0.15, -0.1) is 6.58 Å². The second kappa shape index (κ2) is 14.3. The van der Waals surface area contributed by atoms with E-state index in [0.29, 0.717) is 25.4 Å². The van der Waals surface area contributed by atoms with E-state index in [4.69, 9.17) is 9.47 Å². The number of benzene rings is 4. The Hall–Kier alpha value is -4.18. The second-order valence-electron chi connectivity index (χ2n) is 8.37. The van der Waals surface area contributed by atoms with Crippen molar-refractivity contribution in [3.05, 3.63) is 132 Å². The molecule has 0 saturated heterocycles. The summed E-state index contributed by atoms with van der Waals surface area (Å²) in [6.45, 7) is 6.84. The van der Waals surface area contributed by atoms with Crippen LogP contribution in [-0.4, -0.2) is 10.2 Å². The van der Waals surface area contributed by atoms with Gasteiger partial charge in [0.15, 0.2) is 0 Å². The summed E-state index contributed by atoms with van der Waals surface area (Å²) in [5, 5.41) is 19.3. The predicted molar refractivity (Wildman–Crippen MR) is 146 cm³/mol. The molecule has 4 aromatic rings. The van der Waals surface area contributed by atoms with E-state index < -0.39 is 0 Å². The number of allylic oxidation sites excluding steroid dienone is 1. The highest BCUT2D eigenvalue weighted by molar-refractivity contribution is 5.41. The number of ether oxygens (including phenoxy) is 2. The van der Waals surface area contributed by atoms with Gasteiger partial charge in [-0.05, 0) is 65.9 Å². The molecule has 0 unspecified atom stereocenters. The van der Waals surface area contributed by atoms with Crippen molar-refractivity contribution in [2.75, 3.05) is 0 Å². The first-order valence-corrected chi connectivity index (χ1v) is 12.2. The van der Waals surface area contributed by atoms with Crippen molar-refractivity contribution in [2.24, 2.45) is 0 Å². The van der Waals surface area contributed by atoms with Crippen molar-refractivity contribution in [3.8, 4) is 23.0 Å². The standard InChI is InChI=1S/C16H18O2.C16H16O2/c2*1-2-6-14-11-15(9-10-16(14)17)18-12-13-7-4-3-5-8-13/h3-5,7-11,17H,2,6,12H2,1H3;2-5,7-11,17H,1,6,12H2. The van der Waals surface area contributed by atoms with Crippen molar-refractivity contribution in [1.82, 2.24) is 0 Å². The van der Waals surface area contributed by atoms with Crippen molar-refractivity contribution in [2.45, 2.75) is 39.4 Å². The van der Waals surface area contributed by atoms with Gasteiger partial charge in [-0.2, -0.15) is 0 Å². The Kier molecular flexibility index (Phi) is 10.5. The normalized spacial score (nSPS) is 10.1. The predicted octanol–water partition coefficient (Wildman–Crippen LogP) is 7.62. The molecule has 4 heteroatoms. The second-order valence-corrected chi connectivity index (χ2v) is 8.37. The molecule has 0 radical (unpaired) electrons. The SMILES string of the molecule is C=CCc1cc(OCc2ccccc2)ccc1O.CCCc1cc(OCc2ccccc2)ccc1O. The fraction of sp³-hybridized carbons (Fsp3) is 0.188. The van der Waals surface area contributed by atoms with E-state index >= 15 is 0 Å². The minimum Gasteiger partial charge on any atom is -0.508 e. The van der Waals surface area contributed by atoms with Crippen LogP contribution in [0.5, 0.6) is 23.0 Å². The third-order valence-corrected chi connectivity index (χ3v) is 5.48. The maximum absolute atomic E-state index is 9.70. The molecule has 0 aliphatic heterocycles. The van der Waals surface area contributed by atoms with Gasteiger partial charge in [-0.3, -0.25) is 0 Å². The zero-order chi connectivity index (χ0) is 25.6. The lowest BCUT2D eigenvalue weighted by Gasteiger charge is -2.09. The fourth-order valence-corrected chi connectivity index (χ4v) is 3.57. The summed E-state index contributed by atoms with van der Waals surface area (Å²) in [6.07, 6.45) is 4.27. The van der Waals surface area contributed by atoms with Crippen LogP contribution in [0.3, 0.4) is 0 Å². The Labute approximate surface area is 214 Å². The Morgan fingerprint density at radius 3 is 1.61 bits per heavy atom. The van der Waals surface area contributed by atoms with Crippen molar-refractivity contribution < 1.29 is 19.7 Å². The van der Waals surface area contributed by atoms with E-state index in [0.717, 1.165) is 46.6 Å². The maximum Gasteiger partial charge on any atom is 0.120 e. The molecule has 2 N–H and O–H groups in total. The number of phenols is 2. The smallest absolute Gasteiger partial charge is 0.120 e. The molecule has 0 atom stereocenters. The van der Waals surface area contributed by atoms with Gasteiger partial charge < -0.3 is 19.7 Å². The first kappa shape index (κ1) is 26.4. The van der Waals surface area contributed by atoms with Gasteiger partial charge in [0.1, 0.15) is 36.2 Å². The van der Waals surface area contributed by atoms with Crippen LogP contribution in [0.25, 0.3) is 0 Å². The van der Waals surface area contributed by atoms with Gasteiger partial charge in [0.25, 0.3) is 0 Å². The van der Waals surface area contributed by atoms with Crippen LogP contribution in [0.15, 0.2) is 110 Å². The number of hydrogen-bond acceptors (Lipinski definition) is 4. The van der Waals surface area contributed by atoms with E-state index in [1.54, 1.807) is 30.3 Å². The first-order valence-electron chi connectivity index (χ1n) is 12.2. The molecule has 0 fully saturated rings. The first-order chi connectivity index (χ1) is 17.6. The summed E-state index contributed by atoms with van der Waals surface area (Å²) < 4.78 is 11.4. The molecule has 0 bridgehead atoms. The fourth-order valence-electron chi connectivity index (χ4n) is 3.57. The van der Waals surface area contributed by atoms with E-state index in [1.807, 2.05) is 72.8 Å². The Bertz CT molecular complexity index is 1200. The molecule has 0 aromatic heterocycles. The van der Waals surface area contributed by atoms with Gasteiger partial charge in [0.2, 0.25) is 0 Å². The highest BCUT2D eigenvalue weighted by Crippen LogP contribution is 2.25. The topological polar surface area (TPSA) is 58.9 Å². The van der Waals surface area contributed by atoms with Crippen LogP contribution in [0.4, 0.5) is 0 Å². The Morgan fingerprint density at radius 1 is 0.667 bits per heavy atom. The quantitative estimate of drug-likeness (QED) is 0.228. The van der Waals surface area contributed by atoms with Crippen molar-refractivity contribution in [3.63, 3.8) is 0 Å². The van der Waals surface area contributed by atoms with Crippen LogP contribution < -0.4 is 9.47 Å². The number of aromatic hydroxyl groups is 2. The summed E-state index contributed by atoms with van der Waals surface area (Å²) in [7, 11) is 0. The Morgan fingerprint density at radius 2 is 1.14 bits per heavy atom. The molecule has 4 rings (SSSR count). The van der Waals surface area contributed by atoms with Crippen LogP contribution in [0.1, 0.15) is 35.6 Å². The highest BCUT2D eigenvalue weighted by Gasteiger charge is 2.04. The third kappa shape index (κ3) is 8.55. The zero-order valence-electron chi connectivity index (χ0n) is 20.8. The Balaban J connectivity index is 0.000000201. The molecule has 0 saturated carbocycles. The van der Waals surface area contributed by atoms with Gasteiger partial charge in [-0.1, -0.05) is 80.1 Å². The summed E-state index contributed by atoms with van der Waals surface area (Å²) >= 11 is 0. The average Bonchev–Trinajstić information content (AvgIpc) is 2.91. The number of rotatable bonds is 10. The maximum atomic E-state index is 9.70. The van der Waals surface area contributed by atoms with Crippen LogP contribution in [-0.2, 0) is 26.1 Å². The van der Waals surface area contributed by atoms with Crippen LogP contribution >= 0.6 is 0 Å². The van der Waals surface area contributed by atoms with Crippen LogP contribution in [0, 0.1) is 0 Å². The lowest BCUT2D eigenvalue weighted by atomic mass is 10.1. The summed E-state index contributed by atoms with van der Waals surface area (Å²) in [5.41, 5.74) is 4.04. The average molecular weight is 483 g/mol. The summed E-state index contributed by atoms with van der Waals surface area (Å²) in [4.78, 5) is 0. The molecule has 186 valence electrons. The van der Waals surface area contributed by atoms with E-state index in [1.165, 1.54) is 0 Å². The minimum absolute atomic E-state index is 0.280. The molecule has 0 aliphatic carbocycles. The number of aryl methyl sites for hydroxylation is 1.